The molecule has 0 spiro atoms. The first-order valence-electron chi connectivity index (χ1n) is 7.17. The predicted molar refractivity (Wildman–Crippen MR) is 76.6 cm³/mol. The molecular formula is C15H22ClNO2. The fourth-order valence-electron chi connectivity index (χ4n) is 2.76. The van der Waals surface area contributed by atoms with Crippen molar-refractivity contribution in [3.05, 3.63) is 23.7 Å². The number of furan rings is 1. The number of rotatable bonds is 5. The van der Waals surface area contributed by atoms with E-state index in [1.807, 2.05) is 13.0 Å². The summed E-state index contributed by atoms with van der Waals surface area (Å²) in [6.07, 6.45) is 5.67. The van der Waals surface area contributed by atoms with Crippen molar-refractivity contribution in [2.75, 3.05) is 12.4 Å². The monoisotopic (exact) mass is 283 g/mol. The van der Waals surface area contributed by atoms with Crippen LogP contribution in [0.4, 0.5) is 0 Å². The van der Waals surface area contributed by atoms with E-state index < -0.39 is 0 Å². The van der Waals surface area contributed by atoms with Gasteiger partial charge in [0.25, 0.3) is 5.91 Å². The third kappa shape index (κ3) is 3.75. The Bertz CT molecular complexity index is 416. The van der Waals surface area contributed by atoms with Gasteiger partial charge in [-0.3, -0.25) is 4.79 Å². The number of carbonyl (C=O) groups excluding carboxylic acids is 1. The summed E-state index contributed by atoms with van der Waals surface area (Å²) in [7, 11) is 0. The number of hydrogen-bond acceptors (Lipinski definition) is 2. The van der Waals surface area contributed by atoms with Crippen molar-refractivity contribution in [3.8, 4) is 0 Å². The molecule has 2 rings (SSSR count). The smallest absolute Gasteiger partial charge is 0.287 e. The van der Waals surface area contributed by atoms with E-state index in [0.717, 1.165) is 18.6 Å². The van der Waals surface area contributed by atoms with Crippen molar-refractivity contribution in [2.24, 2.45) is 11.8 Å². The SMILES string of the molecule is CCc1ccc(C(=O)NCC2CCCCC2CCl)o1. The fourth-order valence-corrected chi connectivity index (χ4v) is 3.16. The van der Waals surface area contributed by atoms with Gasteiger partial charge in [-0.2, -0.15) is 0 Å². The summed E-state index contributed by atoms with van der Waals surface area (Å²) >= 11 is 6.00. The third-order valence-corrected chi connectivity index (χ3v) is 4.42. The largest absolute Gasteiger partial charge is 0.456 e. The number of alkyl halides is 1. The molecule has 1 aliphatic carbocycles. The maximum absolute atomic E-state index is 12.0. The number of nitrogens with one attached hydrogen (secondary N) is 1. The van der Waals surface area contributed by atoms with E-state index in [9.17, 15) is 4.79 Å². The second-order valence-electron chi connectivity index (χ2n) is 5.29. The highest BCUT2D eigenvalue weighted by atomic mass is 35.5. The van der Waals surface area contributed by atoms with Crippen LogP contribution in [0.1, 0.15) is 48.9 Å². The summed E-state index contributed by atoms with van der Waals surface area (Å²) in [5.41, 5.74) is 0. The number of hydrogen-bond donors (Lipinski definition) is 1. The lowest BCUT2D eigenvalue weighted by Gasteiger charge is -2.30. The topological polar surface area (TPSA) is 42.2 Å². The fraction of sp³-hybridized carbons (Fsp3) is 0.667. The molecule has 1 amide bonds. The van der Waals surface area contributed by atoms with Gasteiger partial charge in [0.15, 0.2) is 5.76 Å². The first-order valence-corrected chi connectivity index (χ1v) is 7.71. The molecule has 4 heteroatoms. The van der Waals surface area contributed by atoms with Crippen LogP contribution in [-0.2, 0) is 6.42 Å². The van der Waals surface area contributed by atoms with Gasteiger partial charge < -0.3 is 9.73 Å². The van der Waals surface area contributed by atoms with Crippen molar-refractivity contribution < 1.29 is 9.21 Å². The molecule has 1 aromatic heterocycles. The van der Waals surface area contributed by atoms with E-state index in [1.54, 1.807) is 6.07 Å². The average molecular weight is 284 g/mol. The van der Waals surface area contributed by atoms with E-state index >= 15 is 0 Å². The highest BCUT2D eigenvalue weighted by Crippen LogP contribution is 2.30. The molecule has 0 bridgehead atoms. The lowest BCUT2D eigenvalue weighted by molar-refractivity contribution is 0.0907. The molecule has 0 saturated heterocycles. The molecule has 106 valence electrons. The number of carbonyl (C=O) groups is 1. The molecule has 1 saturated carbocycles. The molecule has 1 N–H and O–H groups in total. The summed E-state index contributed by atoms with van der Waals surface area (Å²) in [6, 6.07) is 3.60. The summed E-state index contributed by atoms with van der Waals surface area (Å²) in [5.74, 6) is 2.89. The van der Waals surface area contributed by atoms with Crippen molar-refractivity contribution >= 4 is 17.5 Å². The van der Waals surface area contributed by atoms with Crippen LogP contribution in [0.2, 0.25) is 0 Å². The van der Waals surface area contributed by atoms with Crippen LogP contribution in [0.15, 0.2) is 16.5 Å². The van der Waals surface area contributed by atoms with Gasteiger partial charge in [-0.25, -0.2) is 0 Å². The molecule has 2 unspecified atom stereocenters. The first-order chi connectivity index (χ1) is 9.24. The highest BCUT2D eigenvalue weighted by Gasteiger charge is 2.25. The van der Waals surface area contributed by atoms with Gasteiger partial charge in [-0.15, -0.1) is 11.6 Å². The summed E-state index contributed by atoms with van der Waals surface area (Å²) in [6.45, 7) is 2.71. The van der Waals surface area contributed by atoms with Crippen molar-refractivity contribution in [3.63, 3.8) is 0 Å². The molecule has 0 aliphatic heterocycles. The normalized spacial score (nSPS) is 23.3. The zero-order chi connectivity index (χ0) is 13.7. The zero-order valence-electron chi connectivity index (χ0n) is 11.5. The van der Waals surface area contributed by atoms with Gasteiger partial charge in [-0.1, -0.05) is 19.8 Å². The zero-order valence-corrected chi connectivity index (χ0v) is 12.2. The summed E-state index contributed by atoms with van der Waals surface area (Å²) in [5, 5.41) is 2.98. The lowest BCUT2D eigenvalue weighted by Crippen LogP contribution is -2.34. The Morgan fingerprint density at radius 1 is 1.37 bits per heavy atom. The molecule has 0 radical (unpaired) electrons. The lowest BCUT2D eigenvalue weighted by atomic mass is 9.80. The van der Waals surface area contributed by atoms with E-state index in [4.69, 9.17) is 16.0 Å². The first kappa shape index (κ1) is 14.4. The molecule has 0 aromatic carbocycles. The van der Waals surface area contributed by atoms with Crippen LogP contribution in [0.25, 0.3) is 0 Å². The minimum Gasteiger partial charge on any atom is -0.456 e. The molecular weight excluding hydrogens is 262 g/mol. The third-order valence-electron chi connectivity index (χ3n) is 4.02. The molecule has 1 aromatic rings. The standard InChI is InChI=1S/C15H22ClNO2/c1-2-13-7-8-14(19-13)15(18)17-10-12-6-4-3-5-11(12)9-16/h7-8,11-12H,2-6,9-10H2,1H3,(H,17,18). The van der Waals surface area contributed by atoms with Crippen LogP contribution >= 0.6 is 11.6 Å². The Morgan fingerprint density at radius 3 is 2.74 bits per heavy atom. The van der Waals surface area contributed by atoms with Crippen LogP contribution in [-0.4, -0.2) is 18.3 Å². The van der Waals surface area contributed by atoms with Crippen LogP contribution in [0.5, 0.6) is 0 Å². The summed E-state index contributed by atoms with van der Waals surface area (Å²) < 4.78 is 5.45. The maximum Gasteiger partial charge on any atom is 0.287 e. The molecule has 1 fully saturated rings. The second kappa shape index (κ2) is 6.99. The minimum absolute atomic E-state index is 0.112. The molecule has 1 aliphatic rings. The maximum atomic E-state index is 12.0. The van der Waals surface area contributed by atoms with Crippen LogP contribution in [0.3, 0.4) is 0 Å². The van der Waals surface area contributed by atoms with Crippen molar-refractivity contribution in [2.45, 2.75) is 39.0 Å². The Hall–Kier alpha value is -0.960. The molecule has 1 heterocycles. The van der Waals surface area contributed by atoms with Gasteiger partial charge in [0.2, 0.25) is 0 Å². The Labute approximate surface area is 119 Å². The summed E-state index contributed by atoms with van der Waals surface area (Å²) in [4.78, 5) is 12.0. The Balaban J connectivity index is 1.85. The number of halogens is 1. The number of amides is 1. The highest BCUT2D eigenvalue weighted by molar-refractivity contribution is 6.18. The minimum atomic E-state index is -0.112. The van der Waals surface area contributed by atoms with Crippen LogP contribution < -0.4 is 5.32 Å². The van der Waals surface area contributed by atoms with E-state index in [2.05, 4.69) is 5.32 Å². The van der Waals surface area contributed by atoms with Crippen LogP contribution in [0, 0.1) is 11.8 Å². The van der Waals surface area contributed by atoms with E-state index in [1.165, 1.54) is 19.3 Å². The Kier molecular flexibility index (Phi) is 5.32. The molecule has 19 heavy (non-hydrogen) atoms. The molecule has 2 atom stereocenters. The Morgan fingerprint density at radius 2 is 2.11 bits per heavy atom. The van der Waals surface area contributed by atoms with Crippen molar-refractivity contribution in [1.29, 1.82) is 0 Å². The van der Waals surface area contributed by atoms with Crippen molar-refractivity contribution in [1.82, 2.24) is 5.32 Å². The predicted octanol–water partition coefficient (Wildman–Crippen LogP) is 3.62. The van der Waals surface area contributed by atoms with Gasteiger partial charge in [0.1, 0.15) is 5.76 Å². The average Bonchev–Trinajstić information content (AvgIpc) is 2.94. The van der Waals surface area contributed by atoms with Gasteiger partial charge in [0, 0.05) is 18.8 Å². The second-order valence-corrected chi connectivity index (χ2v) is 5.60. The van der Waals surface area contributed by atoms with Gasteiger partial charge in [0.05, 0.1) is 0 Å². The van der Waals surface area contributed by atoms with E-state index in [-0.39, 0.29) is 5.91 Å². The van der Waals surface area contributed by atoms with Gasteiger partial charge >= 0.3 is 0 Å². The quantitative estimate of drug-likeness (QED) is 0.839. The van der Waals surface area contributed by atoms with Gasteiger partial charge in [-0.05, 0) is 36.8 Å². The van der Waals surface area contributed by atoms with E-state index in [0.29, 0.717) is 30.0 Å². The number of aryl methyl sites for hydroxylation is 1. The molecule has 3 nitrogen and oxygen atoms in total.